The molecule has 2 fully saturated rings. The van der Waals surface area contributed by atoms with Crippen molar-refractivity contribution in [1.29, 1.82) is 0 Å². The third kappa shape index (κ3) is 3.21. The number of hydrogen-bond donors (Lipinski definition) is 1. The summed E-state index contributed by atoms with van der Waals surface area (Å²) in [7, 11) is 0. The largest absolute Gasteiger partial charge is 0.465 e. The van der Waals surface area contributed by atoms with Crippen LogP contribution in [-0.4, -0.2) is 25.2 Å². The summed E-state index contributed by atoms with van der Waals surface area (Å²) < 4.78 is 5.37. The molecule has 16 heavy (non-hydrogen) atoms. The molecule has 1 N–H and O–H groups in total. The van der Waals surface area contributed by atoms with Crippen molar-refractivity contribution in [2.24, 2.45) is 11.8 Å². The van der Waals surface area contributed by atoms with Crippen molar-refractivity contribution in [1.82, 2.24) is 5.32 Å². The van der Waals surface area contributed by atoms with Gasteiger partial charge in [0.05, 0.1) is 12.5 Å². The molecular formula is C13H23NO2. The molecule has 0 amide bonds. The molecule has 2 atom stereocenters. The molecule has 2 rings (SSSR count). The minimum absolute atomic E-state index is 0.0349. The van der Waals surface area contributed by atoms with E-state index >= 15 is 0 Å². The van der Waals surface area contributed by atoms with Gasteiger partial charge in [-0.25, -0.2) is 0 Å². The first-order chi connectivity index (χ1) is 7.75. The molecule has 0 radical (unpaired) electrons. The Bertz CT molecular complexity index is 238. The van der Waals surface area contributed by atoms with E-state index < -0.39 is 0 Å². The van der Waals surface area contributed by atoms with Crippen LogP contribution < -0.4 is 5.32 Å². The summed E-state index contributed by atoms with van der Waals surface area (Å²) in [6.07, 6.45) is 6.98. The molecule has 1 saturated heterocycles. The van der Waals surface area contributed by atoms with Gasteiger partial charge in [0.2, 0.25) is 0 Å². The van der Waals surface area contributed by atoms with Crippen molar-refractivity contribution in [2.45, 2.75) is 51.5 Å². The van der Waals surface area contributed by atoms with Gasteiger partial charge in [0.1, 0.15) is 0 Å². The van der Waals surface area contributed by atoms with E-state index in [1.807, 2.05) is 0 Å². The fraction of sp³-hybridized carbons (Fsp3) is 0.923. The van der Waals surface area contributed by atoms with E-state index in [-0.39, 0.29) is 11.9 Å². The summed E-state index contributed by atoms with van der Waals surface area (Å²) in [5, 5.41) is 3.35. The Balaban J connectivity index is 1.62. The highest BCUT2D eigenvalue weighted by molar-refractivity contribution is 5.72. The van der Waals surface area contributed by atoms with Gasteiger partial charge in [-0.15, -0.1) is 0 Å². The lowest BCUT2D eigenvalue weighted by Crippen LogP contribution is -2.39. The van der Waals surface area contributed by atoms with Gasteiger partial charge in [0.15, 0.2) is 0 Å². The van der Waals surface area contributed by atoms with Crippen LogP contribution in [-0.2, 0) is 9.53 Å². The average molecular weight is 225 g/mol. The Morgan fingerprint density at radius 2 is 2.19 bits per heavy atom. The summed E-state index contributed by atoms with van der Waals surface area (Å²) in [6.45, 7) is 3.72. The number of hydrogen-bond acceptors (Lipinski definition) is 3. The van der Waals surface area contributed by atoms with E-state index in [1.165, 1.54) is 19.3 Å². The first kappa shape index (κ1) is 11.9. The fourth-order valence-corrected chi connectivity index (χ4v) is 2.57. The van der Waals surface area contributed by atoms with Crippen molar-refractivity contribution in [3.05, 3.63) is 0 Å². The summed E-state index contributed by atoms with van der Waals surface area (Å²) in [5.74, 6) is 1.00. The maximum atomic E-state index is 11.8. The van der Waals surface area contributed by atoms with E-state index in [0.29, 0.717) is 12.6 Å². The smallest absolute Gasteiger partial charge is 0.309 e. The van der Waals surface area contributed by atoms with Crippen molar-refractivity contribution >= 4 is 5.97 Å². The van der Waals surface area contributed by atoms with Gasteiger partial charge < -0.3 is 10.1 Å². The standard InChI is InChI=1S/C13H23NO2/c1-10-9-12(5-7-14-10)13(15)16-8-6-11-3-2-4-11/h10-12,14H,2-9H2,1H3. The molecule has 0 spiro atoms. The van der Waals surface area contributed by atoms with Crippen LogP contribution in [0.25, 0.3) is 0 Å². The predicted molar refractivity (Wildman–Crippen MR) is 63.1 cm³/mol. The molecule has 1 heterocycles. The minimum Gasteiger partial charge on any atom is -0.465 e. The van der Waals surface area contributed by atoms with Crippen LogP contribution >= 0.6 is 0 Å². The second kappa shape index (κ2) is 5.67. The molecule has 0 aromatic heterocycles. The SMILES string of the molecule is CC1CC(C(=O)OCCC2CCC2)CCN1. The Labute approximate surface area is 97.9 Å². The van der Waals surface area contributed by atoms with Crippen molar-refractivity contribution < 1.29 is 9.53 Å². The van der Waals surface area contributed by atoms with Gasteiger partial charge >= 0.3 is 5.97 Å². The van der Waals surface area contributed by atoms with E-state index in [0.717, 1.165) is 31.7 Å². The lowest BCUT2D eigenvalue weighted by molar-refractivity contribution is -0.150. The zero-order valence-corrected chi connectivity index (χ0v) is 10.2. The lowest BCUT2D eigenvalue weighted by Gasteiger charge is -2.28. The molecule has 0 bridgehead atoms. The molecule has 0 aromatic rings. The lowest BCUT2D eigenvalue weighted by atomic mass is 9.83. The number of esters is 1. The fourth-order valence-electron chi connectivity index (χ4n) is 2.57. The Morgan fingerprint density at radius 3 is 2.81 bits per heavy atom. The summed E-state index contributed by atoms with van der Waals surface area (Å²) >= 11 is 0. The number of piperidine rings is 1. The van der Waals surface area contributed by atoms with Gasteiger partial charge in [-0.3, -0.25) is 4.79 Å². The van der Waals surface area contributed by atoms with Crippen molar-refractivity contribution in [3.63, 3.8) is 0 Å². The van der Waals surface area contributed by atoms with E-state index in [9.17, 15) is 4.79 Å². The highest BCUT2D eigenvalue weighted by atomic mass is 16.5. The predicted octanol–water partition coefficient (Wildman–Crippen LogP) is 2.11. The highest BCUT2D eigenvalue weighted by Crippen LogP contribution is 2.29. The quantitative estimate of drug-likeness (QED) is 0.745. The summed E-state index contributed by atoms with van der Waals surface area (Å²) in [6, 6.07) is 0.456. The second-order valence-corrected chi connectivity index (χ2v) is 5.33. The maximum Gasteiger partial charge on any atom is 0.309 e. The third-order valence-electron chi connectivity index (χ3n) is 3.95. The van der Waals surface area contributed by atoms with Crippen LogP contribution in [0.15, 0.2) is 0 Å². The number of carbonyl (C=O) groups is 1. The normalized spacial score (nSPS) is 30.8. The van der Waals surface area contributed by atoms with Crippen molar-refractivity contribution in [3.8, 4) is 0 Å². The molecular weight excluding hydrogens is 202 g/mol. The maximum absolute atomic E-state index is 11.8. The monoisotopic (exact) mass is 225 g/mol. The van der Waals surface area contributed by atoms with Gasteiger partial charge in [-0.05, 0) is 38.6 Å². The zero-order valence-electron chi connectivity index (χ0n) is 10.2. The summed E-state index contributed by atoms with van der Waals surface area (Å²) in [5.41, 5.74) is 0. The van der Waals surface area contributed by atoms with E-state index in [4.69, 9.17) is 4.74 Å². The van der Waals surface area contributed by atoms with Crippen LogP contribution in [0.3, 0.4) is 0 Å². The Hall–Kier alpha value is -0.570. The highest BCUT2D eigenvalue weighted by Gasteiger charge is 2.26. The summed E-state index contributed by atoms with van der Waals surface area (Å²) in [4.78, 5) is 11.8. The van der Waals surface area contributed by atoms with Gasteiger partial charge in [-0.2, -0.15) is 0 Å². The molecule has 3 heteroatoms. The molecule has 2 unspecified atom stereocenters. The Morgan fingerprint density at radius 1 is 1.38 bits per heavy atom. The Kier molecular flexibility index (Phi) is 4.22. The third-order valence-corrected chi connectivity index (χ3v) is 3.95. The molecule has 0 aromatic carbocycles. The molecule has 92 valence electrons. The molecule has 3 nitrogen and oxygen atoms in total. The van der Waals surface area contributed by atoms with Gasteiger partial charge in [0, 0.05) is 6.04 Å². The zero-order chi connectivity index (χ0) is 11.4. The number of rotatable bonds is 4. The van der Waals surface area contributed by atoms with Gasteiger partial charge in [-0.1, -0.05) is 19.3 Å². The van der Waals surface area contributed by atoms with Crippen LogP contribution in [0.2, 0.25) is 0 Å². The van der Waals surface area contributed by atoms with Crippen LogP contribution in [0.4, 0.5) is 0 Å². The van der Waals surface area contributed by atoms with E-state index in [1.54, 1.807) is 0 Å². The first-order valence-corrected chi connectivity index (χ1v) is 6.65. The average Bonchev–Trinajstić information content (AvgIpc) is 2.21. The number of nitrogens with one attached hydrogen (secondary N) is 1. The van der Waals surface area contributed by atoms with Crippen LogP contribution in [0, 0.1) is 11.8 Å². The van der Waals surface area contributed by atoms with Gasteiger partial charge in [0.25, 0.3) is 0 Å². The second-order valence-electron chi connectivity index (χ2n) is 5.33. The molecule has 2 aliphatic rings. The number of carbonyl (C=O) groups excluding carboxylic acids is 1. The van der Waals surface area contributed by atoms with E-state index in [2.05, 4.69) is 12.2 Å². The van der Waals surface area contributed by atoms with Crippen LogP contribution in [0.1, 0.15) is 45.4 Å². The topological polar surface area (TPSA) is 38.3 Å². The minimum atomic E-state index is 0.0349. The molecule has 1 aliphatic heterocycles. The molecule has 1 aliphatic carbocycles. The van der Waals surface area contributed by atoms with Crippen LogP contribution in [0.5, 0.6) is 0 Å². The number of ether oxygens (including phenoxy) is 1. The van der Waals surface area contributed by atoms with Crippen molar-refractivity contribution in [2.75, 3.05) is 13.2 Å². The molecule has 1 saturated carbocycles. The first-order valence-electron chi connectivity index (χ1n) is 6.65.